The zero-order valence-corrected chi connectivity index (χ0v) is 18.3. The van der Waals surface area contributed by atoms with E-state index in [4.69, 9.17) is 4.74 Å². The first-order chi connectivity index (χ1) is 16.9. The van der Waals surface area contributed by atoms with Crippen molar-refractivity contribution in [3.8, 4) is 11.1 Å². The average molecular weight is 473 g/mol. The molecule has 0 saturated carbocycles. The van der Waals surface area contributed by atoms with Crippen LogP contribution in [0.2, 0.25) is 0 Å². The number of carbonyl (C=O) groups excluding carboxylic acids is 2. The molecule has 0 saturated heterocycles. The molecular weight excluding hydrogens is 454 g/mol. The van der Waals surface area contributed by atoms with Crippen LogP contribution in [-0.2, 0) is 11.8 Å². The normalized spacial score (nSPS) is 12.0. The third-order valence-electron chi connectivity index (χ3n) is 5.55. The van der Waals surface area contributed by atoms with Crippen LogP contribution in [0.1, 0.15) is 38.0 Å². The number of hydrogen-bond donors (Lipinski definition) is 4. The minimum atomic E-state index is -1.25. The van der Waals surface area contributed by atoms with Crippen molar-refractivity contribution >= 4 is 29.7 Å². The Morgan fingerprint density at radius 2 is 1.71 bits per heavy atom. The van der Waals surface area contributed by atoms with E-state index in [0.29, 0.717) is 0 Å². The van der Waals surface area contributed by atoms with E-state index in [-0.39, 0.29) is 35.7 Å². The summed E-state index contributed by atoms with van der Waals surface area (Å²) in [5.41, 5.74) is 4.20. The molecule has 1 aliphatic carbocycles. The second kappa shape index (κ2) is 8.74. The molecule has 2 aromatic heterocycles. The van der Waals surface area contributed by atoms with Gasteiger partial charge in [0.25, 0.3) is 11.9 Å². The molecule has 2 aromatic carbocycles. The molecule has 1 aliphatic rings. The summed E-state index contributed by atoms with van der Waals surface area (Å²) in [5.74, 6) is -2.70. The zero-order chi connectivity index (χ0) is 24.5. The first kappa shape index (κ1) is 21.8. The van der Waals surface area contributed by atoms with E-state index < -0.39 is 18.0 Å². The van der Waals surface area contributed by atoms with Crippen molar-refractivity contribution in [2.24, 2.45) is 7.05 Å². The van der Waals surface area contributed by atoms with Gasteiger partial charge in [0.05, 0.1) is 0 Å². The number of nitrogens with one attached hydrogen (secondary N) is 3. The van der Waals surface area contributed by atoms with Gasteiger partial charge >= 0.3 is 12.1 Å². The molecule has 0 atom stereocenters. The molecule has 0 aliphatic heterocycles. The number of nitrogens with zero attached hydrogens (tertiary/aromatic N) is 4. The number of H-pyrrole nitrogens is 1. The number of aromatic nitrogens is 5. The van der Waals surface area contributed by atoms with Gasteiger partial charge in [-0.05, 0) is 22.3 Å². The van der Waals surface area contributed by atoms with Crippen molar-refractivity contribution < 1.29 is 24.2 Å². The number of benzene rings is 2. The number of rotatable bonds is 6. The molecule has 4 aromatic rings. The van der Waals surface area contributed by atoms with Crippen LogP contribution in [0.3, 0.4) is 0 Å². The first-order valence-corrected chi connectivity index (χ1v) is 10.5. The lowest BCUT2D eigenvalue weighted by Gasteiger charge is -2.13. The number of aryl methyl sites for hydroxylation is 1. The maximum absolute atomic E-state index is 12.4. The highest BCUT2D eigenvalue weighted by atomic mass is 16.5. The number of aromatic amines is 1. The summed E-state index contributed by atoms with van der Waals surface area (Å²) in [6.07, 6.45) is 0.471. The number of anilines is 2. The van der Waals surface area contributed by atoms with Crippen LogP contribution in [0.25, 0.3) is 11.1 Å². The standard InChI is InChI=1S/C23H19N7O5/c1-30-10-16(21(32)33)18(29-30)24-20(31)19-25-22(28-27-19)26-23(34)35-11-17-14-8-4-2-6-12(14)13-7-3-5-9-15(13)17/h2-10,17H,11H2,1H3,(H,32,33)(H,24,29,31)(H2,25,26,27,28,34). The summed E-state index contributed by atoms with van der Waals surface area (Å²) in [4.78, 5) is 40.0. The van der Waals surface area contributed by atoms with Crippen LogP contribution in [0, 0.1) is 0 Å². The number of aromatic carboxylic acids is 1. The molecule has 12 nitrogen and oxygen atoms in total. The molecule has 0 bridgehead atoms. The quantitative estimate of drug-likeness (QED) is 0.332. The Morgan fingerprint density at radius 1 is 1.06 bits per heavy atom. The third-order valence-corrected chi connectivity index (χ3v) is 5.55. The Bertz CT molecular complexity index is 1410. The van der Waals surface area contributed by atoms with E-state index in [2.05, 4.69) is 30.9 Å². The molecule has 0 fully saturated rings. The third kappa shape index (κ3) is 4.19. The number of ether oxygens (including phenoxy) is 1. The van der Waals surface area contributed by atoms with Crippen LogP contribution in [0.5, 0.6) is 0 Å². The molecule has 176 valence electrons. The van der Waals surface area contributed by atoms with Gasteiger partial charge in [0, 0.05) is 19.2 Å². The molecule has 0 unspecified atom stereocenters. The number of amides is 2. The molecule has 0 radical (unpaired) electrons. The van der Waals surface area contributed by atoms with Crippen LogP contribution >= 0.6 is 0 Å². The summed E-state index contributed by atoms with van der Waals surface area (Å²) in [6, 6.07) is 15.9. The number of hydrogen-bond acceptors (Lipinski definition) is 7. The van der Waals surface area contributed by atoms with E-state index in [1.807, 2.05) is 48.5 Å². The topological polar surface area (TPSA) is 164 Å². The molecule has 2 heterocycles. The van der Waals surface area contributed by atoms with Gasteiger partial charge in [0.15, 0.2) is 5.82 Å². The first-order valence-electron chi connectivity index (χ1n) is 10.5. The maximum Gasteiger partial charge on any atom is 0.414 e. The largest absolute Gasteiger partial charge is 0.477 e. The van der Waals surface area contributed by atoms with Gasteiger partial charge in [-0.2, -0.15) is 10.1 Å². The predicted octanol–water partition coefficient (Wildman–Crippen LogP) is 2.85. The summed E-state index contributed by atoms with van der Waals surface area (Å²) < 4.78 is 6.68. The summed E-state index contributed by atoms with van der Waals surface area (Å²) in [6.45, 7) is 0.106. The molecule has 4 N–H and O–H groups in total. The van der Waals surface area contributed by atoms with Crippen LogP contribution in [-0.4, -0.2) is 54.6 Å². The highest BCUT2D eigenvalue weighted by Gasteiger charge is 2.29. The van der Waals surface area contributed by atoms with Crippen molar-refractivity contribution in [1.82, 2.24) is 25.0 Å². The van der Waals surface area contributed by atoms with Crippen molar-refractivity contribution in [1.29, 1.82) is 0 Å². The fraction of sp³-hybridized carbons (Fsp3) is 0.130. The van der Waals surface area contributed by atoms with Crippen molar-refractivity contribution in [3.05, 3.63) is 77.2 Å². The van der Waals surface area contributed by atoms with E-state index in [1.165, 1.54) is 17.9 Å². The van der Waals surface area contributed by atoms with Crippen molar-refractivity contribution in [3.63, 3.8) is 0 Å². The minimum Gasteiger partial charge on any atom is -0.477 e. The molecule has 0 spiro atoms. The Kier molecular flexibility index (Phi) is 5.45. The Hall–Kier alpha value is -5.00. The predicted molar refractivity (Wildman–Crippen MR) is 123 cm³/mol. The molecular formula is C23H19N7O5. The van der Waals surface area contributed by atoms with E-state index >= 15 is 0 Å². The Balaban J connectivity index is 1.22. The van der Waals surface area contributed by atoms with E-state index in [0.717, 1.165) is 22.3 Å². The molecule has 35 heavy (non-hydrogen) atoms. The van der Waals surface area contributed by atoms with Gasteiger partial charge < -0.3 is 15.2 Å². The highest BCUT2D eigenvalue weighted by Crippen LogP contribution is 2.44. The molecule has 5 rings (SSSR count). The number of carboxylic acid groups (broad SMARTS) is 1. The fourth-order valence-corrected chi connectivity index (χ4v) is 4.05. The minimum absolute atomic E-state index is 0.106. The lowest BCUT2D eigenvalue weighted by molar-refractivity contribution is 0.0697. The van der Waals surface area contributed by atoms with Gasteiger partial charge in [-0.15, -0.1) is 5.10 Å². The molecule has 2 amide bonds. The van der Waals surface area contributed by atoms with Gasteiger partial charge in [-0.3, -0.25) is 19.9 Å². The lowest BCUT2D eigenvalue weighted by Crippen LogP contribution is -2.19. The SMILES string of the molecule is Cn1cc(C(=O)O)c(NC(=O)c2nc(NC(=O)OCC3c4ccccc4-c4ccccc43)n[nH]2)n1. The summed E-state index contributed by atoms with van der Waals surface area (Å²) >= 11 is 0. The summed E-state index contributed by atoms with van der Waals surface area (Å²) in [5, 5.41) is 24.0. The van der Waals surface area contributed by atoms with Gasteiger partial charge in [-0.25, -0.2) is 9.59 Å². The number of fused-ring (bicyclic) bond motifs is 3. The molecule has 12 heteroatoms. The lowest BCUT2D eigenvalue weighted by atomic mass is 9.98. The number of carboxylic acids is 1. The zero-order valence-electron chi connectivity index (χ0n) is 18.3. The van der Waals surface area contributed by atoms with Gasteiger partial charge in [0.2, 0.25) is 5.82 Å². The fourth-order valence-electron chi connectivity index (χ4n) is 4.05. The second-order valence-electron chi connectivity index (χ2n) is 7.78. The Labute approximate surface area is 198 Å². The Morgan fingerprint density at radius 3 is 2.37 bits per heavy atom. The van der Waals surface area contributed by atoms with Crippen molar-refractivity contribution in [2.45, 2.75) is 5.92 Å². The maximum atomic E-state index is 12.4. The van der Waals surface area contributed by atoms with Crippen molar-refractivity contribution in [2.75, 3.05) is 17.2 Å². The van der Waals surface area contributed by atoms with Crippen LogP contribution in [0.15, 0.2) is 54.7 Å². The smallest absolute Gasteiger partial charge is 0.414 e. The van der Waals surface area contributed by atoms with E-state index in [9.17, 15) is 19.5 Å². The average Bonchev–Trinajstić information content (AvgIpc) is 3.54. The second-order valence-corrected chi connectivity index (χ2v) is 7.78. The van der Waals surface area contributed by atoms with E-state index in [1.54, 1.807) is 0 Å². The van der Waals surface area contributed by atoms with Crippen LogP contribution < -0.4 is 10.6 Å². The van der Waals surface area contributed by atoms with Gasteiger partial charge in [0.1, 0.15) is 12.2 Å². The summed E-state index contributed by atoms with van der Waals surface area (Å²) in [7, 11) is 1.52. The van der Waals surface area contributed by atoms with Crippen LogP contribution in [0.4, 0.5) is 16.6 Å². The monoisotopic (exact) mass is 473 g/mol. The highest BCUT2D eigenvalue weighted by molar-refractivity contribution is 6.05. The van der Waals surface area contributed by atoms with Gasteiger partial charge in [-0.1, -0.05) is 48.5 Å². The number of carbonyl (C=O) groups is 3.